The Bertz CT molecular complexity index is 1100. The molecule has 0 saturated carbocycles. The smallest absolute Gasteiger partial charge is 0.127 e. The van der Waals surface area contributed by atoms with E-state index in [1.165, 1.54) is 16.7 Å². The summed E-state index contributed by atoms with van der Waals surface area (Å²) >= 11 is 0. The third-order valence-electron chi connectivity index (χ3n) is 6.77. The number of aliphatic hydroxyl groups is 1. The number of hydrogen-bond donors (Lipinski definition) is 1. The molecule has 0 radical (unpaired) electrons. The molecule has 1 heterocycles. The summed E-state index contributed by atoms with van der Waals surface area (Å²) in [6.07, 6.45) is 2.12. The van der Waals surface area contributed by atoms with Gasteiger partial charge in [0.2, 0.25) is 0 Å². The maximum atomic E-state index is 9.73. The van der Waals surface area contributed by atoms with E-state index in [0.29, 0.717) is 6.54 Å². The van der Waals surface area contributed by atoms with Crippen molar-refractivity contribution >= 4 is 5.57 Å². The summed E-state index contributed by atoms with van der Waals surface area (Å²) in [4.78, 5) is 2.31. The molecule has 4 nitrogen and oxygen atoms in total. The first-order valence-corrected chi connectivity index (χ1v) is 11.5. The molecule has 0 unspecified atom stereocenters. The number of benzene rings is 3. The molecule has 0 amide bonds. The minimum atomic E-state index is 0.177. The van der Waals surface area contributed by atoms with Crippen LogP contribution in [0.15, 0.2) is 67.2 Å². The van der Waals surface area contributed by atoms with Crippen LogP contribution in [0.5, 0.6) is 11.5 Å². The zero-order chi connectivity index (χ0) is 23.4. The lowest BCUT2D eigenvalue weighted by Gasteiger charge is -2.25. The summed E-state index contributed by atoms with van der Waals surface area (Å²) < 4.78 is 11.6. The highest BCUT2D eigenvalue weighted by Crippen LogP contribution is 2.38. The van der Waals surface area contributed by atoms with Gasteiger partial charge in [-0.3, -0.25) is 4.90 Å². The normalized spacial score (nSPS) is 16.1. The molecule has 1 aliphatic rings. The average Bonchev–Trinajstić information content (AvgIpc) is 3.31. The van der Waals surface area contributed by atoms with Gasteiger partial charge in [0.05, 0.1) is 26.4 Å². The van der Waals surface area contributed by atoms with E-state index >= 15 is 0 Å². The van der Waals surface area contributed by atoms with Crippen molar-refractivity contribution in [3.63, 3.8) is 0 Å². The Hall–Kier alpha value is -3.08. The summed E-state index contributed by atoms with van der Waals surface area (Å²) in [5, 5.41) is 9.73. The predicted octanol–water partition coefficient (Wildman–Crippen LogP) is 5.70. The fourth-order valence-electron chi connectivity index (χ4n) is 4.88. The van der Waals surface area contributed by atoms with E-state index in [-0.39, 0.29) is 12.6 Å². The first kappa shape index (κ1) is 23.1. The van der Waals surface area contributed by atoms with E-state index in [4.69, 9.17) is 9.47 Å². The van der Waals surface area contributed by atoms with Crippen molar-refractivity contribution in [1.82, 2.24) is 4.90 Å². The predicted molar refractivity (Wildman–Crippen MR) is 135 cm³/mol. The van der Waals surface area contributed by atoms with Crippen LogP contribution in [0.4, 0.5) is 0 Å². The maximum absolute atomic E-state index is 9.73. The van der Waals surface area contributed by atoms with E-state index in [1.807, 2.05) is 6.07 Å². The maximum Gasteiger partial charge on any atom is 0.127 e. The van der Waals surface area contributed by atoms with Crippen LogP contribution in [0.2, 0.25) is 0 Å². The van der Waals surface area contributed by atoms with Gasteiger partial charge in [-0.2, -0.15) is 0 Å². The van der Waals surface area contributed by atoms with Gasteiger partial charge in [0.1, 0.15) is 11.5 Å². The molecule has 1 atom stereocenters. The van der Waals surface area contributed by atoms with Crippen molar-refractivity contribution in [2.24, 2.45) is 0 Å². The minimum absolute atomic E-state index is 0.177. The van der Waals surface area contributed by atoms with Crippen molar-refractivity contribution in [2.45, 2.75) is 32.4 Å². The molecular weight excluding hydrogens is 410 g/mol. The van der Waals surface area contributed by atoms with Crippen LogP contribution < -0.4 is 9.47 Å². The first-order valence-electron chi connectivity index (χ1n) is 11.5. The van der Waals surface area contributed by atoms with Gasteiger partial charge >= 0.3 is 0 Å². The van der Waals surface area contributed by atoms with Crippen LogP contribution in [-0.2, 0) is 6.54 Å². The van der Waals surface area contributed by atoms with Crippen LogP contribution >= 0.6 is 0 Å². The number of hydrogen-bond acceptors (Lipinski definition) is 4. The van der Waals surface area contributed by atoms with E-state index in [1.54, 1.807) is 14.2 Å². The fraction of sp³-hybridized carbons (Fsp3) is 0.310. The Morgan fingerprint density at radius 1 is 1.03 bits per heavy atom. The molecule has 4 heteroatoms. The van der Waals surface area contributed by atoms with Gasteiger partial charge in [-0.15, -0.1) is 0 Å². The summed E-state index contributed by atoms with van der Waals surface area (Å²) in [5.41, 5.74) is 7.61. The standard InChI is InChI=1S/C29H33NO3/c1-20(25-13-8-14-26(21(25)2)22-10-6-5-7-11-22)23-16-28(32-3)27(29(17-23)33-4)18-30-15-9-12-24(30)19-31/h5-8,10-11,13-14,16-17,24,31H,1,9,12,15,18-19H2,2-4H3/t24-/m0/s1. The van der Waals surface area contributed by atoms with Crippen LogP contribution in [0.1, 0.15) is 35.1 Å². The van der Waals surface area contributed by atoms with Crippen molar-refractivity contribution in [2.75, 3.05) is 27.4 Å². The van der Waals surface area contributed by atoms with Gasteiger partial charge in [0, 0.05) is 12.6 Å². The van der Waals surface area contributed by atoms with Crippen molar-refractivity contribution in [3.8, 4) is 22.6 Å². The van der Waals surface area contributed by atoms with E-state index in [2.05, 4.69) is 73.0 Å². The zero-order valence-corrected chi connectivity index (χ0v) is 19.8. The molecule has 3 aromatic carbocycles. The topological polar surface area (TPSA) is 41.9 Å². The Morgan fingerprint density at radius 2 is 1.73 bits per heavy atom. The lowest BCUT2D eigenvalue weighted by molar-refractivity contribution is 0.151. The number of methoxy groups -OCH3 is 2. The minimum Gasteiger partial charge on any atom is -0.496 e. The third-order valence-corrected chi connectivity index (χ3v) is 6.77. The highest BCUT2D eigenvalue weighted by Gasteiger charge is 2.26. The number of rotatable bonds is 8. The second-order valence-corrected chi connectivity index (χ2v) is 8.63. The molecule has 1 aliphatic heterocycles. The van der Waals surface area contributed by atoms with Gasteiger partial charge in [0.25, 0.3) is 0 Å². The lowest BCUT2D eigenvalue weighted by Crippen LogP contribution is -2.31. The van der Waals surface area contributed by atoms with Gasteiger partial charge < -0.3 is 14.6 Å². The molecule has 172 valence electrons. The van der Waals surface area contributed by atoms with Crippen molar-refractivity contribution < 1.29 is 14.6 Å². The van der Waals surface area contributed by atoms with Crippen LogP contribution in [0.25, 0.3) is 16.7 Å². The Balaban J connectivity index is 1.71. The van der Waals surface area contributed by atoms with E-state index in [9.17, 15) is 5.11 Å². The average molecular weight is 444 g/mol. The third kappa shape index (κ3) is 4.68. The zero-order valence-electron chi connectivity index (χ0n) is 19.8. The van der Waals surface area contributed by atoms with Crippen molar-refractivity contribution in [3.05, 3.63) is 89.5 Å². The van der Waals surface area contributed by atoms with Crippen LogP contribution in [0.3, 0.4) is 0 Å². The van der Waals surface area contributed by atoms with Gasteiger partial charge in [-0.1, -0.05) is 55.1 Å². The molecule has 0 bridgehead atoms. The first-order chi connectivity index (χ1) is 16.1. The molecule has 1 fully saturated rings. The van der Waals surface area contributed by atoms with Crippen LogP contribution in [-0.4, -0.2) is 43.4 Å². The van der Waals surface area contributed by atoms with E-state index in [0.717, 1.165) is 53.1 Å². The largest absolute Gasteiger partial charge is 0.496 e. The molecule has 1 saturated heterocycles. The summed E-state index contributed by atoms with van der Waals surface area (Å²) in [6.45, 7) is 8.43. The summed E-state index contributed by atoms with van der Waals surface area (Å²) in [5.74, 6) is 1.57. The number of nitrogens with zero attached hydrogens (tertiary/aromatic N) is 1. The number of aliphatic hydroxyl groups excluding tert-OH is 1. The Kier molecular flexibility index (Phi) is 7.17. The fourth-order valence-corrected chi connectivity index (χ4v) is 4.88. The van der Waals surface area contributed by atoms with Crippen molar-refractivity contribution in [1.29, 1.82) is 0 Å². The Labute approximate surface area is 197 Å². The second kappa shape index (κ2) is 10.2. The second-order valence-electron chi connectivity index (χ2n) is 8.63. The summed E-state index contributed by atoms with van der Waals surface area (Å²) in [6, 6.07) is 21.1. The highest BCUT2D eigenvalue weighted by atomic mass is 16.5. The highest BCUT2D eigenvalue weighted by molar-refractivity contribution is 5.85. The SMILES string of the molecule is C=C(c1cc(OC)c(CN2CCC[C@H]2CO)c(OC)c1)c1cccc(-c2ccccc2)c1C. The van der Waals surface area contributed by atoms with Gasteiger partial charge in [-0.05, 0) is 71.8 Å². The molecule has 0 aliphatic carbocycles. The number of ether oxygens (including phenoxy) is 2. The number of likely N-dealkylation sites (tertiary alicyclic amines) is 1. The lowest BCUT2D eigenvalue weighted by atomic mass is 9.90. The summed E-state index contributed by atoms with van der Waals surface area (Å²) in [7, 11) is 3.39. The van der Waals surface area contributed by atoms with Crippen LogP contribution in [0, 0.1) is 6.92 Å². The molecule has 33 heavy (non-hydrogen) atoms. The molecular formula is C29H33NO3. The molecule has 3 aromatic rings. The molecule has 0 aromatic heterocycles. The molecule has 0 spiro atoms. The van der Waals surface area contributed by atoms with Gasteiger partial charge in [0.15, 0.2) is 0 Å². The monoisotopic (exact) mass is 443 g/mol. The molecule has 1 N–H and O–H groups in total. The van der Waals surface area contributed by atoms with E-state index < -0.39 is 0 Å². The Morgan fingerprint density at radius 3 is 2.36 bits per heavy atom. The quantitative estimate of drug-likeness (QED) is 0.485. The van der Waals surface area contributed by atoms with Gasteiger partial charge in [-0.25, -0.2) is 0 Å². The molecule has 4 rings (SSSR count).